The van der Waals surface area contributed by atoms with Crippen molar-refractivity contribution >= 4 is 29.6 Å². The molecule has 1 aliphatic rings. The molecular formula is C21H24ClN3O3. The number of phenols is 1. The van der Waals surface area contributed by atoms with Crippen molar-refractivity contribution in [3.63, 3.8) is 0 Å². The summed E-state index contributed by atoms with van der Waals surface area (Å²) in [5.41, 5.74) is 7.74. The standard InChI is InChI=1S/C21H24ClN3O3/c22-16-3-1-2-15(11-16)21(12-23)8-6-17(7-9-21)25-20(28)14-4-5-19(27)18(10-14)24-13-26/h1-5,10-11,13,17,27H,6-9,12,23H2,(H,24,26)(H,25,28)/t17-,21-. The van der Waals surface area contributed by atoms with E-state index in [2.05, 4.69) is 16.7 Å². The average molecular weight is 402 g/mol. The second-order valence-electron chi connectivity index (χ2n) is 7.24. The fourth-order valence-electron chi connectivity index (χ4n) is 3.87. The third-order valence-corrected chi connectivity index (χ3v) is 5.81. The zero-order valence-electron chi connectivity index (χ0n) is 15.5. The summed E-state index contributed by atoms with van der Waals surface area (Å²) in [6.07, 6.45) is 3.81. The highest BCUT2D eigenvalue weighted by molar-refractivity contribution is 6.30. The van der Waals surface area contributed by atoms with E-state index in [4.69, 9.17) is 17.3 Å². The van der Waals surface area contributed by atoms with Crippen molar-refractivity contribution in [1.82, 2.24) is 5.32 Å². The molecule has 7 heteroatoms. The molecular weight excluding hydrogens is 378 g/mol. The number of anilines is 1. The van der Waals surface area contributed by atoms with Crippen molar-refractivity contribution in [3.05, 3.63) is 58.6 Å². The molecule has 1 aliphatic carbocycles. The number of hydrogen-bond donors (Lipinski definition) is 4. The molecule has 28 heavy (non-hydrogen) atoms. The van der Waals surface area contributed by atoms with Gasteiger partial charge in [-0.05, 0) is 61.6 Å². The molecule has 2 amide bonds. The fourth-order valence-corrected chi connectivity index (χ4v) is 4.06. The van der Waals surface area contributed by atoms with Crippen LogP contribution in [0.25, 0.3) is 0 Å². The predicted molar refractivity (Wildman–Crippen MR) is 110 cm³/mol. The highest BCUT2D eigenvalue weighted by atomic mass is 35.5. The van der Waals surface area contributed by atoms with Gasteiger partial charge >= 0.3 is 0 Å². The number of phenolic OH excluding ortho intramolecular Hbond substituents is 1. The second kappa shape index (κ2) is 8.63. The van der Waals surface area contributed by atoms with Gasteiger partial charge < -0.3 is 21.5 Å². The van der Waals surface area contributed by atoms with Crippen LogP contribution in [0.4, 0.5) is 5.69 Å². The van der Waals surface area contributed by atoms with Crippen molar-refractivity contribution in [3.8, 4) is 5.75 Å². The Hall–Kier alpha value is -2.57. The summed E-state index contributed by atoms with van der Waals surface area (Å²) in [5.74, 6) is -0.322. The van der Waals surface area contributed by atoms with E-state index >= 15 is 0 Å². The lowest BCUT2D eigenvalue weighted by Gasteiger charge is -2.40. The normalized spacial score (nSPS) is 21.7. The third kappa shape index (κ3) is 4.29. The first-order valence-corrected chi connectivity index (χ1v) is 9.65. The Morgan fingerprint density at radius 1 is 1.25 bits per heavy atom. The number of nitrogens with two attached hydrogens (primary N) is 1. The van der Waals surface area contributed by atoms with Gasteiger partial charge in [0, 0.05) is 28.6 Å². The first-order chi connectivity index (χ1) is 13.5. The van der Waals surface area contributed by atoms with E-state index in [9.17, 15) is 14.7 Å². The van der Waals surface area contributed by atoms with E-state index in [0.717, 1.165) is 31.2 Å². The lowest BCUT2D eigenvalue weighted by molar-refractivity contribution is -0.105. The molecule has 0 aromatic heterocycles. The number of hydrogen-bond acceptors (Lipinski definition) is 4. The summed E-state index contributed by atoms with van der Waals surface area (Å²) in [5, 5.41) is 15.8. The van der Waals surface area contributed by atoms with Crippen LogP contribution in [0.2, 0.25) is 5.02 Å². The predicted octanol–water partition coefficient (Wildman–Crippen LogP) is 3.18. The third-order valence-electron chi connectivity index (χ3n) is 5.58. The van der Waals surface area contributed by atoms with Crippen LogP contribution in [0.5, 0.6) is 5.75 Å². The van der Waals surface area contributed by atoms with E-state index in [1.807, 2.05) is 18.2 Å². The average Bonchev–Trinajstić information content (AvgIpc) is 2.70. The highest BCUT2D eigenvalue weighted by Gasteiger charge is 2.36. The smallest absolute Gasteiger partial charge is 0.251 e. The molecule has 148 valence electrons. The Labute approximate surface area is 169 Å². The summed E-state index contributed by atoms with van der Waals surface area (Å²) < 4.78 is 0. The van der Waals surface area contributed by atoms with Gasteiger partial charge in [-0.15, -0.1) is 0 Å². The molecule has 0 bridgehead atoms. The van der Waals surface area contributed by atoms with Crippen LogP contribution in [0, 0.1) is 0 Å². The monoisotopic (exact) mass is 401 g/mol. The summed E-state index contributed by atoms with van der Waals surface area (Å²) in [6, 6.07) is 12.3. The fraction of sp³-hybridized carbons (Fsp3) is 0.333. The molecule has 0 saturated heterocycles. The van der Waals surface area contributed by atoms with Crippen LogP contribution in [0.15, 0.2) is 42.5 Å². The molecule has 1 saturated carbocycles. The number of carbonyl (C=O) groups is 2. The minimum Gasteiger partial charge on any atom is -0.506 e. The van der Waals surface area contributed by atoms with E-state index in [1.165, 1.54) is 18.2 Å². The van der Waals surface area contributed by atoms with E-state index in [1.54, 1.807) is 0 Å². The van der Waals surface area contributed by atoms with Gasteiger partial charge in [-0.1, -0.05) is 23.7 Å². The lowest BCUT2D eigenvalue weighted by Crippen LogP contribution is -2.45. The number of benzene rings is 2. The van der Waals surface area contributed by atoms with Gasteiger partial charge in [0.2, 0.25) is 6.41 Å². The molecule has 6 nitrogen and oxygen atoms in total. The zero-order valence-corrected chi connectivity index (χ0v) is 16.2. The Morgan fingerprint density at radius 2 is 2.00 bits per heavy atom. The number of rotatable bonds is 6. The molecule has 3 rings (SSSR count). The van der Waals surface area contributed by atoms with Crippen LogP contribution < -0.4 is 16.4 Å². The molecule has 0 radical (unpaired) electrons. The first-order valence-electron chi connectivity index (χ1n) is 9.27. The zero-order chi connectivity index (χ0) is 20.1. The van der Waals surface area contributed by atoms with Crippen molar-refractivity contribution in [2.75, 3.05) is 11.9 Å². The summed E-state index contributed by atoms with van der Waals surface area (Å²) in [7, 11) is 0. The number of aromatic hydroxyl groups is 1. The van der Waals surface area contributed by atoms with Crippen molar-refractivity contribution < 1.29 is 14.7 Å². The van der Waals surface area contributed by atoms with Crippen molar-refractivity contribution in [2.24, 2.45) is 5.73 Å². The number of carbonyl (C=O) groups excluding carboxylic acids is 2. The topological polar surface area (TPSA) is 104 Å². The van der Waals surface area contributed by atoms with E-state index in [0.29, 0.717) is 23.5 Å². The highest BCUT2D eigenvalue weighted by Crippen LogP contribution is 2.39. The number of amides is 2. The molecule has 5 N–H and O–H groups in total. The number of halogens is 1. The van der Waals surface area contributed by atoms with Gasteiger partial charge in [-0.25, -0.2) is 0 Å². The van der Waals surface area contributed by atoms with Crippen LogP contribution >= 0.6 is 11.6 Å². The van der Waals surface area contributed by atoms with Crippen LogP contribution in [-0.2, 0) is 10.2 Å². The Kier molecular flexibility index (Phi) is 6.21. The maximum atomic E-state index is 12.6. The maximum Gasteiger partial charge on any atom is 0.251 e. The van der Waals surface area contributed by atoms with Crippen LogP contribution in [0.3, 0.4) is 0 Å². The molecule has 0 spiro atoms. The van der Waals surface area contributed by atoms with Gasteiger partial charge in [0.15, 0.2) is 0 Å². The summed E-state index contributed by atoms with van der Waals surface area (Å²) in [4.78, 5) is 23.2. The van der Waals surface area contributed by atoms with Crippen LogP contribution in [-0.4, -0.2) is 30.0 Å². The quantitative estimate of drug-likeness (QED) is 0.440. The van der Waals surface area contributed by atoms with E-state index in [-0.39, 0.29) is 28.8 Å². The maximum absolute atomic E-state index is 12.6. The molecule has 0 atom stereocenters. The van der Waals surface area contributed by atoms with Gasteiger partial charge in [-0.2, -0.15) is 0 Å². The SMILES string of the molecule is NC[C@]1(c2cccc(Cl)c2)CC[C@H](NC(=O)c2ccc(O)c(NC=O)c2)CC1. The Balaban J connectivity index is 1.66. The minimum atomic E-state index is -0.234. The van der Waals surface area contributed by atoms with Gasteiger partial charge in [0.05, 0.1) is 5.69 Å². The summed E-state index contributed by atoms with van der Waals surface area (Å²) >= 11 is 6.15. The molecule has 2 aromatic carbocycles. The minimum absolute atomic E-state index is 0.0441. The molecule has 0 aliphatic heterocycles. The van der Waals surface area contributed by atoms with Gasteiger partial charge in [0.1, 0.15) is 5.75 Å². The molecule has 0 heterocycles. The lowest BCUT2D eigenvalue weighted by atomic mass is 9.68. The summed E-state index contributed by atoms with van der Waals surface area (Å²) in [6.45, 7) is 0.534. The van der Waals surface area contributed by atoms with Gasteiger partial charge in [0.25, 0.3) is 5.91 Å². The Bertz CT molecular complexity index is 864. The van der Waals surface area contributed by atoms with E-state index < -0.39 is 0 Å². The second-order valence-corrected chi connectivity index (χ2v) is 7.67. The molecule has 1 fully saturated rings. The largest absolute Gasteiger partial charge is 0.506 e. The van der Waals surface area contributed by atoms with Crippen molar-refractivity contribution in [2.45, 2.75) is 37.1 Å². The van der Waals surface area contributed by atoms with Crippen molar-refractivity contribution in [1.29, 1.82) is 0 Å². The van der Waals surface area contributed by atoms with Crippen LogP contribution in [0.1, 0.15) is 41.6 Å². The molecule has 0 unspecified atom stereocenters. The van der Waals surface area contributed by atoms with Gasteiger partial charge in [-0.3, -0.25) is 9.59 Å². The first kappa shape index (κ1) is 20.2. The molecule has 2 aromatic rings. The Morgan fingerprint density at radius 3 is 2.64 bits per heavy atom. The number of nitrogens with one attached hydrogen (secondary N) is 2.